The Morgan fingerprint density at radius 2 is 1.77 bits per heavy atom. The fraction of sp³-hybridized carbons (Fsp3) is 0.704. The van der Waals surface area contributed by atoms with Gasteiger partial charge < -0.3 is 25.2 Å². The second kappa shape index (κ2) is 8.00. The van der Waals surface area contributed by atoms with E-state index in [1.807, 2.05) is 13.1 Å². The molecule has 2 aromatic heterocycles. The van der Waals surface area contributed by atoms with Crippen molar-refractivity contribution in [1.82, 2.24) is 20.2 Å². The third kappa shape index (κ3) is 3.51. The highest BCUT2D eigenvalue weighted by Crippen LogP contribution is 2.76. The molecule has 0 amide bonds. The molecule has 5 fully saturated rings. The smallest absolute Gasteiger partial charge is 0.394 e. The first-order chi connectivity index (χ1) is 18.5. The summed E-state index contributed by atoms with van der Waals surface area (Å²) >= 11 is 0. The molecule has 210 valence electrons. The van der Waals surface area contributed by atoms with E-state index in [1.54, 1.807) is 13.3 Å². The molecule has 12 heteroatoms. The number of nitrogens with one attached hydrogen (secondary N) is 2. The number of alkyl halides is 3. The first kappa shape index (κ1) is 25.0. The summed E-state index contributed by atoms with van der Waals surface area (Å²) in [5, 5.41) is 15.0. The van der Waals surface area contributed by atoms with Crippen molar-refractivity contribution in [2.45, 2.75) is 69.1 Å². The van der Waals surface area contributed by atoms with E-state index in [4.69, 9.17) is 14.7 Å². The molecule has 2 aromatic rings. The number of rotatable bonds is 6. The van der Waals surface area contributed by atoms with Crippen molar-refractivity contribution in [3.05, 3.63) is 17.8 Å². The second-order valence-electron chi connectivity index (χ2n) is 13.0. The molecule has 0 radical (unpaired) electrons. The maximum Gasteiger partial charge on any atom is 0.394 e. The van der Waals surface area contributed by atoms with Crippen LogP contribution >= 0.6 is 0 Å². The lowest BCUT2D eigenvalue weighted by Crippen LogP contribution is -2.79. The van der Waals surface area contributed by atoms with Crippen LogP contribution in [0.15, 0.2) is 12.3 Å². The van der Waals surface area contributed by atoms with Gasteiger partial charge in [-0.15, -0.1) is 5.10 Å². The minimum Gasteiger partial charge on any atom is -0.480 e. The molecule has 3 atom stereocenters. The molecule has 8 rings (SSSR count). The van der Waals surface area contributed by atoms with Crippen LogP contribution in [0, 0.1) is 17.3 Å². The number of anilines is 4. The van der Waals surface area contributed by atoms with Crippen molar-refractivity contribution in [3.8, 4) is 5.88 Å². The summed E-state index contributed by atoms with van der Waals surface area (Å²) in [4.78, 5) is 14.4. The summed E-state index contributed by atoms with van der Waals surface area (Å²) in [6.07, 6.45) is 0.365. The average molecular weight is 545 g/mol. The fourth-order valence-electron chi connectivity index (χ4n) is 8.20. The molecule has 4 aliphatic carbocycles. The van der Waals surface area contributed by atoms with Gasteiger partial charge in [-0.3, -0.25) is 0 Å². The summed E-state index contributed by atoms with van der Waals surface area (Å²) < 4.78 is 46.2. The first-order valence-electron chi connectivity index (χ1n) is 13.8. The lowest BCUT2D eigenvalue weighted by molar-refractivity contribution is -0.332. The Labute approximate surface area is 225 Å². The van der Waals surface area contributed by atoms with Gasteiger partial charge >= 0.3 is 6.18 Å². The third-order valence-corrected chi connectivity index (χ3v) is 10.1. The zero-order valence-corrected chi connectivity index (χ0v) is 22.8. The van der Waals surface area contributed by atoms with E-state index in [1.165, 1.54) is 0 Å². The molecule has 2 N–H and O–H groups in total. The first-order valence-corrected chi connectivity index (χ1v) is 13.8. The second-order valence-corrected chi connectivity index (χ2v) is 13.0. The predicted molar refractivity (Wildman–Crippen MR) is 141 cm³/mol. The Kier molecular flexibility index (Phi) is 5.12. The highest BCUT2D eigenvalue weighted by molar-refractivity contribution is 5.71. The van der Waals surface area contributed by atoms with Crippen LogP contribution < -0.4 is 25.2 Å². The molecular formula is C27H35F3N8O. The van der Waals surface area contributed by atoms with Gasteiger partial charge in [-0.1, -0.05) is 13.8 Å². The van der Waals surface area contributed by atoms with Crippen LogP contribution in [0.3, 0.4) is 0 Å². The molecule has 6 aliphatic rings. The molecule has 0 aromatic carbocycles. The Morgan fingerprint density at radius 1 is 1.08 bits per heavy atom. The van der Waals surface area contributed by atoms with Gasteiger partial charge in [-0.05, 0) is 43.9 Å². The number of methoxy groups -OCH3 is 1. The minimum absolute atomic E-state index is 0.165. The molecule has 2 aliphatic heterocycles. The normalized spacial score (nSPS) is 33.8. The molecule has 9 nitrogen and oxygen atoms in total. The van der Waals surface area contributed by atoms with E-state index in [0.717, 1.165) is 48.8 Å². The van der Waals surface area contributed by atoms with Gasteiger partial charge in [0.2, 0.25) is 11.8 Å². The van der Waals surface area contributed by atoms with Crippen molar-refractivity contribution in [2.24, 2.45) is 17.3 Å². The largest absolute Gasteiger partial charge is 0.480 e. The van der Waals surface area contributed by atoms with Crippen LogP contribution in [0.2, 0.25) is 0 Å². The van der Waals surface area contributed by atoms with Gasteiger partial charge in [-0.2, -0.15) is 28.2 Å². The molecule has 4 saturated carbocycles. The summed E-state index contributed by atoms with van der Waals surface area (Å²) in [5.41, 5.74) is -0.202. The highest BCUT2D eigenvalue weighted by Gasteiger charge is 2.81. The molecule has 4 bridgehead atoms. The van der Waals surface area contributed by atoms with Crippen LogP contribution in [0.5, 0.6) is 5.88 Å². The van der Waals surface area contributed by atoms with Crippen molar-refractivity contribution in [2.75, 3.05) is 54.2 Å². The van der Waals surface area contributed by atoms with E-state index < -0.39 is 17.1 Å². The van der Waals surface area contributed by atoms with E-state index >= 15 is 0 Å². The third-order valence-electron chi connectivity index (χ3n) is 10.1. The number of ether oxygens (including phenoxy) is 1. The monoisotopic (exact) mass is 544 g/mol. The van der Waals surface area contributed by atoms with E-state index in [9.17, 15) is 13.2 Å². The summed E-state index contributed by atoms with van der Waals surface area (Å²) in [7, 11) is 3.44. The predicted octanol–water partition coefficient (Wildman–Crippen LogP) is 4.23. The average Bonchev–Trinajstić information content (AvgIpc) is 3.22. The zero-order valence-electron chi connectivity index (χ0n) is 22.8. The van der Waals surface area contributed by atoms with Gasteiger partial charge in [0.05, 0.1) is 24.4 Å². The van der Waals surface area contributed by atoms with E-state index in [2.05, 4.69) is 44.5 Å². The number of fused-ring (bicyclic) bond motifs is 3. The van der Waals surface area contributed by atoms with Crippen LogP contribution in [0.4, 0.5) is 36.4 Å². The van der Waals surface area contributed by atoms with Crippen molar-refractivity contribution in [3.63, 3.8) is 0 Å². The Morgan fingerprint density at radius 3 is 2.38 bits per heavy atom. The molecule has 4 heterocycles. The van der Waals surface area contributed by atoms with Crippen LogP contribution in [0.25, 0.3) is 0 Å². The topological polar surface area (TPSA) is 91.3 Å². The molecule has 0 unspecified atom stereocenters. The Balaban J connectivity index is 1.14. The number of hydrogen-bond acceptors (Lipinski definition) is 9. The fourth-order valence-corrected chi connectivity index (χ4v) is 8.20. The molecule has 39 heavy (non-hydrogen) atoms. The minimum atomic E-state index is -4.13. The number of nitrogens with zero attached hydrogens (tertiary/aromatic N) is 6. The number of halogens is 3. The van der Waals surface area contributed by atoms with Crippen LogP contribution in [-0.4, -0.2) is 71.7 Å². The molecule has 0 spiro atoms. The van der Waals surface area contributed by atoms with Gasteiger partial charge in [-0.25, -0.2) is 0 Å². The summed E-state index contributed by atoms with van der Waals surface area (Å²) in [6.45, 7) is 6.68. The lowest BCUT2D eigenvalue weighted by Gasteiger charge is -2.73. The van der Waals surface area contributed by atoms with Gasteiger partial charge in [0.25, 0.3) is 0 Å². The van der Waals surface area contributed by atoms with E-state index in [0.29, 0.717) is 30.2 Å². The maximum atomic E-state index is 13.6. The Bertz CT molecular complexity index is 1280. The lowest BCUT2D eigenvalue weighted by atomic mass is 9.38. The number of hydrogen-bond donors (Lipinski definition) is 2. The standard InChI is InChI=1S/C27H35F3N8O/c1-24(2)14-38(26-11-25(12-26,13-26)27(28,29)30)22-19(24)21(31-3)34-23(35-22)33-20-15-5-6-16(20)10-37(9-15)17-7-18(39-4)36-32-8-17/h7-8,15-16,20H,5-6,9-14H2,1-4H3,(H2,31,33,34,35)/t15-,16+,20-,25?,26?. The van der Waals surface area contributed by atoms with Crippen molar-refractivity contribution < 1.29 is 17.9 Å². The molecule has 1 saturated heterocycles. The quantitative estimate of drug-likeness (QED) is 0.555. The summed E-state index contributed by atoms with van der Waals surface area (Å²) in [5.74, 6) is 3.43. The van der Waals surface area contributed by atoms with Crippen LogP contribution in [0.1, 0.15) is 51.5 Å². The zero-order chi connectivity index (χ0) is 27.4. The van der Waals surface area contributed by atoms with Gasteiger partial charge in [0.1, 0.15) is 11.6 Å². The maximum absolute atomic E-state index is 13.6. The summed E-state index contributed by atoms with van der Waals surface area (Å²) in [6, 6.07) is 2.15. The van der Waals surface area contributed by atoms with Crippen molar-refractivity contribution in [1.29, 1.82) is 0 Å². The van der Waals surface area contributed by atoms with Crippen molar-refractivity contribution >= 4 is 23.3 Å². The number of piperidine rings is 1. The van der Waals surface area contributed by atoms with Crippen LogP contribution in [-0.2, 0) is 5.41 Å². The SMILES string of the molecule is CNc1nc(N[C@@H]2[C@@H]3CC[C@H]2CN(c2cnnc(OC)c2)C3)nc2c1C(C)(C)CN2C12CC(C(F)(F)F)(C1)C2. The van der Waals surface area contributed by atoms with Gasteiger partial charge in [0.15, 0.2) is 0 Å². The highest BCUT2D eigenvalue weighted by atomic mass is 19.4. The Hall–Kier alpha value is -3.05. The van der Waals surface area contributed by atoms with Gasteiger partial charge in [0, 0.05) is 55.3 Å². The number of aromatic nitrogens is 4. The molecular weight excluding hydrogens is 509 g/mol. The van der Waals surface area contributed by atoms with E-state index in [-0.39, 0.29) is 30.7 Å².